The van der Waals surface area contributed by atoms with Crippen molar-refractivity contribution in [3.05, 3.63) is 47.9 Å². The molecule has 0 bridgehead atoms. The average Bonchev–Trinajstić information content (AvgIpc) is 3.24. The van der Waals surface area contributed by atoms with E-state index in [1.54, 1.807) is 18.0 Å². The Kier molecular flexibility index (Phi) is 4.74. The van der Waals surface area contributed by atoms with Gasteiger partial charge in [-0.25, -0.2) is 4.98 Å². The van der Waals surface area contributed by atoms with Gasteiger partial charge in [0.15, 0.2) is 6.39 Å². The monoisotopic (exact) mass is 357 g/mol. The number of amides is 1. The van der Waals surface area contributed by atoms with Crippen LogP contribution in [0.25, 0.3) is 0 Å². The van der Waals surface area contributed by atoms with Crippen LogP contribution in [0.3, 0.4) is 0 Å². The molecule has 1 amide bonds. The number of aryl methyl sites for hydroxylation is 1. The SMILES string of the molecule is Cc1ncoc1C(=O)N1CC2(C1)OCC[C@@H]2CCOCc1ccccn1. The Morgan fingerprint density at radius 1 is 1.38 bits per heavy atom. The third kappa shape index (κ3) is 3.24. The number of carbonyl (C=O) groups excluding carboxylic acids is 1. The minimum atomic E-state index is -0.224. The van der Waals surface area contributed by atoms with Gasteiger partial charge in [-0.05, 0) is 37.8 Å². The molecule has 0 radical (unpaired) electrons. The smallest absolute Gasteiger partial charge is 0.291 e. The Balaban J connectivity index is 1.26. The molecular formula is C19H23N3O4. The summed E-state index contributed by atoms with van der Waals surface area (Å²) in [6.45, 7) is 4.93. The first-order valence-corrected chi connectivity index (χ1v) is 8.99. The van der Waals surface area contributed by atoms with Crippen molar-refractivity contribution in [3.8, 4) is 0 Å². The van der Waals surface area contributed by atoms with Crippen molar-refractivity contribution in [2.45, 2.75) is 32.0 Å². The summed E-state index contributed by atoms with van der Waals surface area (Å²) in [4.78, 5) is 22.5. The maximum absolute atomic E-state index is 12.5. The predicted octanol–water partition coefficient (Wildman–Crippen LogP) is 2.22. The van der Waals surface area contributed by atoms with Gasteiger partial charge in [0.1, 0.15) is 5.60 Å². The summed E-state index contributed by atoms with van der Waals surface area (Å²) < 4.78 is 17.0. The van der Waals surface area contributed by atoms with Crippen LogP contribution in [0, 0.1) is 12.8 Å². The fraction of sp³-hybridized carbons (Fsp3) is 0.526. The molecule has 0 aromatic carbocycles. The van der Waals surface area contributed by atoms with Crippen molar-refractivity contribution in [2.75, 3.05) is 26.3 Å². The molecule has 7 nitrogen and oxygen atoms in total. The Labute approximate surface area is 152 Å². The zero-order chi connectivity index (χ0) is 18.0. The third-order valence-corrected chi connectivity index (χ3v) is 5.33. The lowest BCUT2D eigenvalue weighted by atomic mass is 9.79. The second kappa shape index (κ2) is 7.17. The molecule has 2 saturated heterocycles. The van der Waals surface area contributed by atoms with E-state index in [1.807, 2.05) is 18.2 Å². The molecule has 7 heteroatoms. The lowest BCUT2D eigenvalue weighted by Gasteiger charge is -2.50. The van der Waals surface area contributed by atoms with Gasteiger partial charge < -0.3 is 18.8 Å². The standard InChI is InChI=1S/C19H23N3O4/c1-14-17(25-13-21-14)18(23)22-11-19(12-22)15(6-9-26-19)5-8-24-10-16-4-2-3-7-20-16/h2-4,7,13,15H,5-6,8-12H2,1H3/t15-/m0/s1. The van der Waals surface area contributed by atoms with E-state index in [-0.39, 0.29) is 11.5 Å². The van der Waals surface area contributed by atoms with E-state index in [9.17, 15) is 4.79 Å². The summed E-state index contributed by atoms with van der Waals surface area (Å²) in [5, 5.41) is 0. The highest BCUT2D eigenvalue weighted by molar-refractivity contribution is 5.93. The summed E-state index contributed by atoms with van der Waals surface area (Å²) >= 11 is 0. The summed E-state index contributed by atoms with van der Waals surface area (Å²) in [7, 11) is 0. The molecule has 0 aliphatic carbocycles. The molecule has 2 fully saturated rings. The van der Waals surface area contributed by atoms with E-state index in [2.05, 4.69) is 9.97 Å². The van der Waals surface area contributed by atoms with Crippen LogP contribution in [0.4, 0.5) is 0 Å². The minimum absolute atomic E-state index is 0.105. The molecular weight excluding hydrogens is 334 g/mol. The highest BCUT2D eigenvalue weighted by Crippen LogP contribution is 2.42. The average molecular weight is 357 g/mol. The number of likely N-dealkylation sites (tertiary alicyclic amines) is 1. The van der Waals surface area contributed by atoms with Crippen LogP contribution in [0.5, 0.6) is 0 Å². The fourth-order valence-electron chi connectivity index (χ4n) is 3.82. The van der Waals surface area contributed by atoms with Crippen molar-refractivity contribution in [1.29, 1.82) is 0 Å². The topological polar surface area (TPSA) is 77.7 Å². The number of rotatable bonds is 6. The summed E-state index contributed by atoms with van der Waals surface area (Å²) in [6, 6.07) is 5.82. The first-order valence-electron chi connectivity index (χ1n) is 8.99. The van der Waals surface area contributed by atoms with Crippen molar-refractivity contribution >= 4 is 5.91 Å². The van der Waals surface area contributed by atoms with Gasteiger partial charge in [0, 0.05) is 19.4 Å². The largest absolute Gasteiger partial charge is 0.438 e. The van der Waals surface area contributed by atoms with Gasteiger partial charge in [0.25, 0.3) is 5.91 Å². The molecule has 138 valence electrons. The number of aromatic nitrogens is 2. The summed E-state index contributed by atoms with van der Waals surface area (Å²) in [5.41, 5.74) is 1.34. The van der Waals surface area contributed by atoms with Crippen LogP contribution >= 0.6 is 0 Å². The number of hydrogen-bond acceptors (Lipinski definition) is 6. The fourth-order valence-corrected chi connectivity index (χ4v) is 3.82. The Morgan fingerprint density at radius 3 is 3.00 bits per heavy atom. The molecule has 1 spiro atoms. The first kappa shape index (κ1) is 17.2. The van der Waals surface area contributed by atoms with Gasteiger partial charge in [-0.15, -0.1) is 0 Å². The molecule has 2 aliphatic rings. The second-order valence-electron chi connectivity index (χ2n) is 6.99. The normalized spacial score (nSPS) is 21.1. The number of carbonyl (C=O) groups is 1. The molecule has 26 heavy (non-hydrogen) atoms. The van der Waals surface area contributed by atoms with Crippen LogP contribution in [-0.4, -0.2) is 52.7 Å². The minimum Gasteiger partial charge on any atom is -0.438 e. The molecule has 4 rings (SSSR count). The number of pyridine rings is 1. The lowest BCUT2D eigenvalue weighted by molar-refractivity contribution is -0.121. The van der Waals surface area contributed by atoms with Crippen LogP contribution < -0.4 is 0 Å². The van der Waals surface area contributed by atoms with E-state index in [1.165, 1.54) is 6.39 Å². The highest BCUT2D eigenvalue weighted by atomic mass is 16.5. The Morgan fingerprint density at radius 2 is 2.27 bits per heavy atom. The summed E-state index contributed by atoms with van der Waals surface area (Å²) in [6.07, 6.45) is 5.02. The molecule has 0 N–H and O–H groups in total. The zero-order valence-corrected chi connectivity index (χ0v) is 14.9. The number of oxazole rings is 1. The van der Waals surface area contributed by atoms with Gasteiger partial charge >= 0.3 is 0 Å². The van der Waals surface area contributed by atoms with E-state index >= 15 is 0 Å². The molecule has 4 heterocycles. The van der Waals surface area contributed by atoms with Crippen molar-refractivity contribution < 1.29 is 18.7 Å². The number of ether oxygens (including phenoxy) is 2. The maximum atomic E-state index is 12.5. The van der Waals surface area contributed by atoms with E-state index in [0.717, 1.165) is 25.1 Å². The van der Waals surface area contributed by atoms with Crippen molar-refractivity contribution in [1.82, 2.24) is 14.9 Å². The Hall–Kier alpha value is -2.25. The first-order chi connectivity index (χ1) is 12.7. The molecule has 2 aliphatic heterocycles. The van der Waals surface area contributed by atoms with Crippen LogP contribution in [0.2, 0.25) is 0 Å². The van der Waals surface area contributed by atoms with Gasteiger partial charge in [0.05, 0.1) is 31.1 Å². The lowest BCUT2D eigenvalue weighted by Crippen LogP contribution is -2.66. The third-order valence-electron chi connectivity index (χ3n) is 5.33. The van der Waals surface area contributed by atoms with E-state index in [0.29, 0.717) is 43.7 Å². The molecule has 2 aromatic rings. The van der Waals surface area contributed by atoms with Crippen LogP contribution in [-0.2, 0) is 16.1 Å². The molecule has 0 saturated carbocycles. The zero-order valence-electron chi connectivity index (χ0n) is 14.9. The van der Waals surface area contributed by atoms with Crippen LogP contribution in [0.15, 0.2) is 35.2 Å². The van der Waals surface area contributed by atoms with E-state index in [4.69, 9.17) is 13.9 Å². The van der Waals surface area contributed by atoms with E-state index < -0.39 is 0 Å². The maximum Gasteiger partial charge on any atom is 0.291 e. The highest BCUT2D eigenvalue weighted by Gasteiger charge is 2.54. The predicted molar refractivity (Wildman–Crippen MR) is 92.4 cm³/mol. The van der Waals surface area contributed by atoms with Crippen molar-refractivity contribution in [3.63, 3.8) is 0 Å². The summed E-state index contributed by atoms with van der Waals surface area (Å²) in [5.74, 6) is 0.630. The molecule has 2 aromatic heterocycles. The van der Waals surface area contributed by atoms with Crippen molar-refractivity contribution in [2.24, 2.45) is 5.92 Å². The number of hydrogen-bond donors (Lipinski definition) is 0. The molecule has 0 unspecified atom stereocenters. The van der Waals surface area contributed by atoms with Crippen LogP contribution in [0.1, 0.15) is 34.8 Å². The quantitative estimate of drug-likeness (QED) is 0.738. The number of nitrogens with zero attached hydrogens (tertiary/aromatic N) is 3. The van der Waals surface area contributed by atoms with Gasteiger partial charge in [-0.3, -0.25) is 9.78 Å². The van der Waals surface area contributed by atoms with Gasteiger partial charge in [0.2, 0.25) is 5.76 Å². The molecule has 1 atom stereocenters. The Bertz CT molecular complexity index is 755. The van der Waals surface area contributed by atoms with Gasteiger partial charge in [-0.2, -0.15) is 0 Å². The van der Waals surface area contributed by atoms with Gasteiger partial charge in [-0.1, -0.05) is 6.07 Å². The second-order valence-corrected chi connectivity index (χ2v) is 6.99.